The number of aromatic nitrogens is 2. The molecule has 0 radical (unpaired) electrons. The second-order valence-electron chi connectivity index (χ2n) is 4.67. The van der Waals surface area contributed by atoms with E-state index in [0.29, 0.717) is 5.92 Å². The maximum atomic E-state index is 6.22. The molecule has 1 aliphatic heterocycles. The number of hydrogen-bond donors (Lipinski definition) is 1. The molecule has 2 aromatic rings. The van der Waals surface area contributed by atoms with Gasteiger partial charge in [-0.1, -0.05) is 18.2 Å². The summed E-state index contributed by atoms with van der Waals surface area (Å²) in [4.78, 5) is 0. The van der Waals surface area contributed by atoms with Gasteiger partial charge in [-0.3, -0.25) is 4.68 Å². The van der Waals surface area contributed by atoms with E-state index in [0.717, 1.165) is 31.7 Å². The molecule has 4 heteroatoms. The van der Waals surface area contributed by atoms with Crippen LogP contribution in [0, 0.1) is 5.92 Å². The summed E-state index contributed by atoms with van der Waals surface area (Å²) in [6.07, 6.45) is 2.97. The van der Waals surface area contributed by atoms with Crippen LogP contribution in [0.1, 0.15) is 6.42 Å². The Morgan fingerprint density at radius 3 is 3.18 bits per heavy atom. The topological polar surface area (TPSA) is 53.1 Å². The summed E-state index contributed by atoms with van der Waals surface area (Å²) in [5, 5.41) is 5.57. The number of nitrogens with two attached hydrogens (primary N) is 1. The molecule has 0 spiro atoms. The Hall–Kier alpha value is -1.39. The lowest BCUT2D eigenvalue weighted by Gasteiger charge is -2.17. The van der Waals surface area contributed by atoms with E-state index in [2.05, 4.69) is 17.2 Å². The van der Waals surface area contributed by atoms with Crippen molar-refractivity contribution < 1.29 is 4.74 Å². The second-order valence-corrected chi connectivity index (χ2v) is 4.67. The maximum absolute atomic E-state index is 6.22. The Bertz CT molecular complexity index is 502. The van der Waals surface area contributed by atoms with Crippen LogP contribution < -0.4 is 5.73 Å². The van der Waals surface area contributed by atoms with Crippen LogP contribution in [0.15, 0.2) is 30.5 Å². The Labute approximate surface area is 100 Å². The minimum atomic E-state index is 0.126. The summed E-state index contributed by atoms with van der Waals surface area (Å²) in [6, 6.07) is 8.34. The van der Waals surface area contributed by atoms with Gasteiger partial charge in [0.1, 0.15) is 0 Å². The normalized spacial score (nSPS) is 22.1. The SMILES string of the molecule is NC(Cn1ncc2ccccc21)C1CCOC1. The summed E-state index contributed by atoms with van der Waals surface area (Å²) in [7, 11) is 0. The number of para-hydroxylation sites is 1. The van der Waals surface area contributed by atoms with Gasteiger partial charge in [-0.25, -0.2) is 0 Å². The molecule has 1 aromatic carbocycles. The summed E-state index contributed by atoms with van der Waals surface area (Å²) in [5.41, 5.74) is 7.37. The van der Waals surface area contributed by atoms with Crippen LogP contribution in [0.5, 0.6) is 0 Å². The predicted octanol–water partition coefficient (Wildman–Crippen LogP) is 1.40. The molecule has 0 saturated carbocycles. The fraction of sp³-hybridized carbons (Fsp3) is 0.462. The van der Waals surface area contributed by atoms with Crippen molar-refractivity contribution >= 4 is 10.9 Å². The Kier molecular flexibility index (Phi) is 2.82. The molecule has 1 aliphatic rings. The maximum Gasteiger partial charge on any atom is 0.0683 e. The van der Waals surface area contributed by atoms with Crippen LogP contribution in [0.25, 0.3) is 10.9 Å². The molecule has 1 fully saturated rings. The lowest BCUT2D eigenvalue weighted by Crippen LogP contribution is -2.35. The lowest BCUT2D eigenvalue weighted by atomic mass is 10.00. The average Bonchev–Trinajstić information content (AvgIpc) is 2.98. The summed E-state index contributed by atoms with van der Waals surface area (Å²) >= 11 is 0. The van der Waals surface area contributed by atoms with Crippen molar-refractivity contribution in [3.8, 4) is 0 Å². The smallest absolute Gasteiger partial charge is 0.0683 e. The van der Waals surface area contributed by atoms with E-state index in [1.807, 2.05) is 23.0 Å². The summed E-state index contributed by atoms with van der Waals surface area (Å²) in [6.45, 7) is 2.40. The standard InChI is InChI=1S/C13H17N3O/c14-12(11-5-6-17-9-11)8-16-13-4-2-1-3-10(13)7-15-16/h1-4,7,11-12H,5-6,8-9,14H2. The third-order valence-corrected chi connectivity index (χ3v) is 3.51. The molecule has 2 atom stereocenters. The molecule has 0 amide bonds. The monoisotopic (exact) mass is 231 g/mol. The number of hydrogen-bond acceptors (Lipinski definition) is 3. The van der Waals surface area contributed by atoms with Gasteiger partial charge in [0.05, 0.1) is 24.9 Å². The molecule has 4 nitrogen and oxygen atoms in total. The van der Waals surface area contributed by atoms with Gasteiger partial charge in [-0.05, 0) is 12.5 Å². The van der Waals surface area contributed by atoms with E-state index in [1.54, 1.807) is 0 Å². The molecule has 3 rings (SSSR count). The highest BCUT2D eigenvalue weighted by molar-refractivity contribution is 5.78. The number of ether oxygens (including phenoxy) is 1. The zero-order chi connectivity index (χ0) is 11.7. The van der Waals surface area contributed by atoms with Crippen LogP contribution in [-0.4, -0.2) is 29.0 Å². The number of rotatable bonds is 3. The summed E-state index contributed by atoms with van der Waals surface area (Å²) in [5.74, 6) is 0.470. The van der Waals surface area contributed by atoms with Gasteiger partial charge in [0.15, 0.2) is 0 Å². The number of nitrogens with zero attached hydrogens (tertiary/aromatic N) is 2. The van der Waals surface area contributed by atoms with Crippen molar-refractivity contribution in [3.05, 3.63) is 30.5 Å². The van der Waals surface area contributed by atoms with Crippen LogP contribution in [0.2, 0.25) is 0 Å². The van der Waals surface area contributed by atoms with Crippen molar-refractivity contribution in [3.63, 3.8) is 0 Å². The van der Waals surface area contributed by atoms with Crippen molar-refractivity contribution in [2.75, 3.05) is 13.2 Å². The molecule has 17 heavy (non-hydrogen) atoms. The molecular formula is C13H17N3O. The molecule has 0 aliphatic carbocycles. The third-order valence-electron chi connectivity index (χ3n) is 3.51. The zero-order valence-electron chi connectivity index (χ0n) is 9.75. The average molecular weight is 231 g/mol. The second kappa shape index (κ2) is 4.47. The highest BCUT2D eigenvalue weighted by Crippen LogP contribution is 2.18. The quantitative estimate of drug-likeness (QED) is 0.868. The predicted molar refractivity (Wildman–Crippen MR) is 66.6 cm³/mol. The first-order valence-electron chi connectivity index (χ1n) is 6.08. The molecule has 1 saturated heterocycles. The highest BCUT2D eigenvalue weighted by Gasteiger charge is 2.23. The van der Waals surface area contributed by atoms with E-state index >= 15 is 0 Å². The summed E-state index contributed by atoms with van der Waals surface area (Å²) < 4.78 is 7.37. The third kappa shape index (κ3) is 2.06. The highest BCUT2D eigenvalue weighted by atomic mass is 16.5. The lowest BCUT2D eigenvalue weighted by molar-refractivity contribution is 0.178. The fourth-order valence-electron chi connectivity index (χ4n) is 2.41. The van der Waals surface area contributed by atoms with Gasteiger partial charge in [0.2, 0.25) is 0 Å². The Morgan fingerprint density at radius 1 is 1.47 bits per heavy atom. The molecule has 1 aromatic heterocycles. The van der Waals surface area contributed by atoms with Gasteiger partial charge < -0.3 is 10.5 Å². The van der Waals surface area contributed by atoms with E-state index in [1.165, 1.54) is 5.39 Å². The first-order chi connectivity index (χ1) is 8.34. The molecule has 0 bridgehead atoms. The van der Waals surface area contributed by atoms with Crippen molar-refractivity contribution in [1.29, 1.82) is 0 Å². The van der Waals surface area contributed by atoms with Crippen LogP contribution in [-0.2, 0) is 11.3 Å². The van der Waals surface area contributed by atoms with E-state index in [9.17, 15) is 0 Å². The van der Waals surface area contributed by atoms with Crippen molar-refractivity contribution in [2.24, 2.45) is 11.7 Å². The molecule has 2 unspecified atom stereocenters. The largest absolute Gasteiger partial charge is 0.381 e. The van der Waals surface area contributed by atoms with Gasteiger partial charge in [-0.15, -0.1) is 0 Å². The van der Waals surface area contributed by atoms with E-state index < -0.39 is 0 Å². The van der Waals surface area contributed by atoms with Gasteiger partial charge in [-0.2, -0.15) is 5.10 Å². The first-order valence-corrected chi connectivity index (χ1v) is 6.08. The van der Waals surface area contributed by atoms with Crippen LogP contribution in [0.4, 0.5) is 0 Å². The van der Waals surface area contributed by atoms with Crippen LogP contribution >= 0.6 is 0 Å². The van der Waals surface area contributed by atoms with Crippen molar-refractivity contribution in [2.45, 2.75) is 19.0 Å². The first kappa shape index (κ1) is 10.7. The number of benzene rings is 1. The van der Waals surface area contributed by atoms with Crippen LogP contribution in [0.3, 0.4) is 0 Å². The van der Waals surface area contributed by atoms with Gasteiger partial charge in [0, 0.05) is 24.0 Å². The van der Waals surface area contributed by atoms with E-state index in [-0.39, 0.29) is 6.04 Å². The van der Waals surface area contributed by atoms with E-state index in [4.69, 9.17) is 10.5 Å². The minimum absolute atomic E-state index is 0.126. The molecule has 2 N–H and O–H groups in total. The van der Waals surface area contributed by atoms with Gasteiger partial charge in [0.25, 0.3) is 0 Å². The Morgan fingerprint density at radius 2 is 2.35 bits per heavy atom. The Balaban J connectivity index is 1.80. The zero-order valence-corrected chi connectivity index (χ0v) is 9.75. The van der Waals surface area contributed by atoms with Gasteiger partial charge >= 0.3 is 0 Å². The minimum Gasteiger partial charge on any atom is -0.381 e. The molecular weight excluding hydrogens is 214 g/mol. The molecule has 2 heterocycles. The fourth-order valence-corrected chi connectivity index (χ4v) is 2.41. The van der Waals surface area contributed by atoms with Crippen molar-refractivity contribution in [1.82, 2.24) is 9.78 Å². The number of fused-ring (bicyclic) bond motifs is 1. The molecule has 90 valence electrons.